The lowest BCUT2D eigenvalue weighted by molar-refractivity contribution is -0.268. The number of hydrogen-bond donors (Lipinski definition) is 4. The molecule has 1 heterocycles. The SMILES string of the molecule is CC(=O)NCCCCCC(=O)NCc1cccc(-c2ccc([C@H]3O[C@@H](CSc4ccc(NC(C)=O)cc4)[C@@H](C)[C@@H](c4ccc(CO)cc4)O3)cc2)c1. The van der Waals surface area contributed by atoms with Gasteiger partial charge < -0.3 is 30.5 Å². The van der Waals surface area contributed by atoms with Gasteiger partial charge >= 0.3 is 0 Å². The van der Waals surface area contributed by atoms with Crippen LogP contribution in [0.25, 0.3) is 11.1 Å². The van der Waals surface area contributed by atoms with Gasteiger partial charge in [-0.15, -0.1) is 11.8 Å². The number of rotatable bonds is 16. The van der Waals surface area contributed by atoms with Gasteiger partial charge in [0.25, 0.3) is 0 Å². The largest absolute Gasteiger partial charge is 0.392 e. The van der Waals surface area contributed by atoms with Crippen molar-refractivity contribution in [1.82, 2.24) is 10.6 Å². The average Bonchev–Trinajstić information content (AvgIpc) is 3.15. The monoisotopic (exact) mass is 723 g/mol. The molecule has 0 aromatic heterocycles. The molecule has 52 heavy (non-hydrogen) atoms. The van der Waals surface area contributed by atoms with Crippen molar-refractivity contribution in [3.8, 4) is 11.1 Å². The first-order valence-corrected chi connectivity index (χ1v) is 18.9. The highest BCUT2D eigenvalue weighted by atomic mass is 32.2. The lowest BCUT2D eigenvalue weighted by Gasteiger charge is -2.41. The first-order valence-electron chi connectivity index (χ1n) is 17.9. The van der Waals surface area contributed by atoms with E-state index in [0.717, 1.165) is 63.2 Å². The number of carbonyl (C=O) groups excluding carboxylic acids is 3. The summed E-state index contributed by atoms with van der Waals surface area (Å²) in [6.45, 7) is 6.24. The number of hydrogen-bond acceptors (Lipinski definition) is 7. The number of ether oxygens (including phenoxy) is 2. The molecule has 0 bridgehead atoms. The number of carbonyl (C=O) groups is 3. The average molecular weight is 724 g/mol. The molecular formula is C42H49N3O6S. The van der Waals surface area contributed by atoms with Crippen molar-refractivity contribution in [3.63, 3.8) is 0 Å². The maximum Gasteiger partial charge on any atom is 0.221 e. The van der Waals surface area contributed by atoms with Crippen LogP contribution in [0.15, 0.2) is 102 Å². The molecule has 10 heteroatoms. The molecule has 4 atom stereocenters. The van der Waals surface area contributed by atoms with E-state index in [-0.39, 0.29) is 42.5 Å². The van der Waals surface area contributed by atoms with Gasteiger partial charge in [0, 0.05) is 61.2 Å². The van der Waals surface area contributed by atoms with Crippen molar-refractivity contribution in [2.75, 3.05) is 17.6 Å². The second kappa shape index (κ2) is 19.4. The molecule has 0 unspecified atom stereocenters. The number of unbranched alkanes of at least 4 members (excludes halogenated alkanes) is 2. The van der Waals surface area contributed by atoms with Crippen LogP contribution >= 0.6 is 11.8 Å². The molecule has 274 valence electrons. The molecule has 0 spiro atoms. The minimum absolute atomic E-state index is 0.0139. The smallest absolute Gasteiger partial charge is 0.221 e. The zero-order chi connectivity index (χ0) is 36.9. The van der Waals surface area contributed by atoms with E-state index in [4.69, 9.17) is 9.47 Å². The number of aliphatic hydroxyl groups is 1. The fourth-order valence-corrected chi connectivity index (χ4v) is 7.23. The van der Waals surface area contributed by atoms with Gasteiger partial charge in [-0.2, -0.15) is 0 Å². The van der Waals surface area contributed by atoms with Crippen molar-refractivity contribution in [2.45, 2.75) is 83.0 Å². The summed E-state index contributed by atoms with van der Waals surface area (Å²) in [7, 11) is 0. The van der Waals surface area contributed by atoms with E-state index in [2.05, 4.69) is 47.1 Å². The van der Waals surface area contributed by atoms with Crippen LogP contribution in [0.4, 0.5) is 5.69 Å². The summed E-state index contributed by atoms with van der Waals surface area (Å²) in [6, 6.07) is 32.2. The third-order valence-corrected chi connectivity index (χ3v) is 10.2. The van der Waals surface area contributed by atoms with E-state index >= 15 is 0 Å². The summed E-state index contributed by atoms with van der Waals surface area (Å²) in [6.07, 6.45) is 2.11. The lowest BCUT2D eigenvalue weighted by atomic mass is 9.91. The molecule has 1 fully saturated rings. The van der Waals surface area contributed by atoms with Gasteiger partial charge in [-0.3, -0.25) is 14.4 Å². The molecule has 4 aromatic rings. The van der Waals surface area contributed by atoms with Gasteiger partial charge in [0.1, 0.15) is 0 Å². The number of amides is 3. The standard InChI is InChI=1S/C42H49N3O6S/c1-28-39(27-52-38-21-19-37(20-22-38)45-30(3)48)50-42(51-41(28)34-13-11-31(26-46)12-14-34)35-17-15-33(16-18-35)36-9-7-8-32(24-36)25-44-40(49)10-5-4-6-23-43-29(2)47/h7-9,11-22,24,28,39,41-42,46H,4-6,10,23,25-27H2,1-3H3,(H,43,47)(H,44,49)(H,45,48)/t28-,39+,41+,42+/m1/s1. The number of aliphatic hydroxyl groups excluding tert-OH is 1. The molecule has 0 aliphatic carbocycles. The summed E-state index contributed by atoms with van der Waals surface area (Å²) < 4.78 is 13.3. The zero-order valence-electron chi connectivity index (χ0n) is 30.1. The van der Waals surface area contributed by atoms with Crippen LogP contribution in [-0.4, -0.2) is 41.2 Å². The second-order valence-electron chi connectivity index (χ2n) is 13.2. The van der Waals surface area contributed by atoms with E-state index in [1.54, 1.807) is 11.8 Å². The van der Waals surface area contributed by atoms with E-state index in [1.807, 2.05) is 72.8 Å². The van der Waals surface area contributed by atoms with Crippen LogP contribution in [0.5, 0.6) is 0 Å². The molecule has 9 nitrogen and oxygen atoms in total. The number of anilines is 1. The van der Waals surface area contributed by atoms with Crippen LogP contribution in [0.3, 0.4) is 0 Å². The maximum atomic E-state index is 12.4. The van der Waals surface area contributed by atoms with Gasteiger partial charge in [0.05, 0.1) is 18.8 Å². The molecule has 4 aromatic carbocycles. The minimum atomic E-state index is -0.576. The molecule has 5 rings (SSSR count). The number of nitrogens with one attached hydrogen (secondary N) is 3. The highest BCUT2D eigenvalue weighted by molar-refractivity contribution is 7.99. The highest BCUT2D eigenvalue weighted by Gasteiger charge is 2.38. The van der Waals surface area contributed by atoms with Gasteiger partial charge in [0.2, 0.25) is 17.7 Å². The van der Waals surface area contributed by atoms with Crippen LogP contribution < -0.4 is 16.0 Å². The summed E-state index contributed by atoms with van der Waals surface area (Å²) in [5.74, 6) is 0.663. The Hall–Kier alpha value is -4.48. The second-order valence-corrected chi connectivity index (χ2v) is 14.3. The third-order valence-electron chi connectivity index (χ3n) is 9.10. The molecule has 1 aliphatic heterocycles. The first-order chi connectivity index (χ1) is 25.2. The Morgan fingerprint density at radius 3 is 2.17 bits per heavy atom. The van der Waals surface area contributed by atoms with Crippen LogP contribution in [-0.2, 0) is 37.0 Å². The lowest BCUT2D eigenvalue weighted by Crippen LogP contribution is -2.38. The van der Waals surface area contributed by atoms with Crippen LogP contribution in [0, 0.1) is 5.92 Å². The van der Waals surface area contributed by atoms with Crippen molar-refractivity contribution < 1.29 is 29.0 Å². The number of benzene rings is 4. The van der Waals surface area contributed by atoms with Crippen molar-refractivity contribution in [1.29, 1.82) is 0 Å². The van der Waals surface area contributed by atoms with E-state index in [1.165, 1.54) is 13.8 Å². The maximum absolute atomic E-state index is 12.4. The molecular weight excluding hydrogens is 675 g/mol. The van der Waals surface area contributed by atoms with Crippen LogP contribution in [0.1, 0.15) is 81.1 Å². The summed E-state index contributed by atoms with van der Waals surface area (Å²) in [5, 5.41) is 18.2. The Kier molecular flexibility index (Phi) is 14.4. The molecule has 1 saturated heterocycles. The molecule has 1 aliphatic rings. The normalized spacial score (nSPS) is 18.4. The van der Waals surface area contributed by atoms with E-state index < -0.39 is 6.29 Å². The third kappa shape index (κ3) is 11.5. The van der Waals surface area contributed by atoms with E-state index in [9.17, 15) is 19.5 Å². The van der Waals surface area contributed by atoms with Crippen molar-refractivity contribution in [3.05, 3.63) is 119 Å². The molecule has 0 radical (unpaired) electrons. The quantitative estimate of drug-likeness (QED) is 0.0690. The Bertz CT molecular complexity index is 1760. The summed E-state index contributed by atoms with van der Waals surface area (Å²) >= 11 is 1.71. The Morgan fingerprint density at radius 1 is 0.750 bits per heavy atom. The summed E-state index contributed by atoms with van der Waals surface area (Å²) in [5.41, 5.74) is 6.69. The summed E-state index contributed by atoms with van der Waals surface area (Å²) in [4.78, 5) is 35.9. The van der Waals surface area contributed by atoms with Crippen LogP contribution in [0.2, 0.25) is 0 Å². The minimum Gasteiger partial charge on any atom is -0.392 e. The molecule has 3 amide bonds. The molecule has 4 N–H and O–H groups in total. The Morgan fingerprint density at radius 2 is 1.48 bits per heavy atom. The Labute approximate surface area is 310 Å². The first kappa shape index (κ1) is 38.7. The predicted molar refractivity (Wildman–Crippen MR) is 205 cm³/mol. The van der Waals surface area contributed by atoms with Gasteiger partial charge in [-0.25, -0.2) is 0 Å². The fourth-order valence-electron chi connectivity index (χ4n) is 6.16. The number of thioether (sulfide) groups is 1. The molecule has 0 saturated carbocycles. The van der Waals surface area contributed by atoms with Gasteiger partial charge in [-0.05, 0) is 71.0 Å². The van der Waals surface area contributed by atoms with Crippen molar-refractivity contribution in [2.24, 2.45) is 5.92 Å². The van der Waals surface area contributed by atoms with Gasteiger partial charge in [-0.1, -0.05) is 80.1 Å². The predicted octanol–water partition coefficient (Wildman–Crippen LogP) is 7.70. The van der Waals surface area contributed by atoms with E-state index in [0.29, 0.717) is 25.3 Å². The Balaban J connectivity index is 1.23. The fraction of sp³-hybridized carbons (Fsp3) is 0.357. The van der Waals surface area contributed by atoms with Crippen molar-refractivity contribution >= 4 is 35.2 Å². The highest BCUT2D eigenvalue weighted by Crippen LogP contribution is 2.43. The van der Waals surface area contributed by atoms with Gasteiger partial charge in [0.15, 0.2) is 6.29 Å². The topological polar surface area (TPSA) is 126 Å². The zero-order valence-corrected chi connectivity index (χ0v) is 30.9.